The Balaban J connectivity index is 1.76. The minimum atomic E-state index is -0.886. The van der Waals surface area contributed by atoms with Gasteiger partial charge >= 0.3 is 0 Å². The molecule has 0 saturated heterocycles. The van der Waals surface area contributed by atoms with Crippen molar-refractivity contribution in [3.8, 4) is 0 Å². The molecule has 3 aromatic rings. The SMILES string of the molecule is OC(Cc1nc2ccccc2s1)C(O)c1ccccc1. The number of fused-ring (bicyclic) bond motifs is 1. The van der Waals surface area contributed by atoms with E-state index in [0.29, 0.717) is 6.42 Å². The van der Waals surface area contributed by atoms with Crippen molar-refractivity contribution < 1.29 is 10.2 Å². The zero-order chi connectivity index (χ0) is 13.9. The number of hydrogen-bond acceptors (Lipinski definition) is 4. The summed E-state index contributed by atoms with van der Waals surface area (Å²) in [5.74, 6) is 0. The van der Waals surface area contributed by atoms with Crippen LogP contribution >= 0.6 is 11.3 Å². The van der Waals surface area contributed by atoms with Crippen molar-refractivity contribution in [1.82, 2.24) is 4.98 Å². The highest BCUT2D eigenvalue weighted by Crippen LogP contribution is 2.25. The topological polar surface area (TPSA) is 53.4 Å². The highest BCUT2D eigenvalue weighted by atomic mass is 32.1. The molecule has 1 heterocycles. The first-order valence-electron chi connectivity index (χ1n) is 6.49. The summed E-state index contributed by atoms with van der Waals surface area (Å²) in [4.78, 5) is 4.48. The fourth-order valence-corrected chi connectivity index (χ4v) is 3.19. The predicted molar refractivity (Wildman–Crippen MR) is 80.7 cm³/mol. The lowest BCUT2D eigenvalue weighted by molar-refractivity contribution is 0.0190. The molecule has 1 aromatic heterocycles. The van der Waals surface area contributed by atoms with Gasteiger partial charge in [-0.3, -0.25) is 0 Å². The molecule has 0 radical (unpaired) electrons. The van der Waals surface area contributed by atoms with Gasteiger partial charge in [0.2, 0.25) is 0 Å². The van der Waals surface area contributed by atoms with Crippen LogP contribution in [0.15, 0.2) is 54.6 Å². The van der Waals surface area contributed by atoms with Crippen LogP contribution in [0.3, 0.4) is 0 Å². The fourth-order valence-electron chi connectivity index (χ4n) is 2.17. The molecule has 4 heteroatoms. The van der Waals surface area contributed by atoms with Gasteiger partial charge in [0.1, 0.15) is 6.10 Å². The van der Waals surface area contributed by atoms with Crippen LogP contribution in [0, 0.1) is 0 Å². The third kappa shape index (κ3) is 2.72. The van der Waals surface area contributed by atoms with Gasteiger partial charge in [-0.15, -0.1) is 11.3 Å². The van der Waals surface area contributed by atoms with Crippen molar-refractivity contribution in [3.63, 3.8) is 0 Å². The number of benzene rings is 2. The molecular weight excluding hydrogens is 270 g/mol. The van der Waals surface area contributed by atoms with E-state index in [2.05, 4.69) is 4.98 Å². The fraction of sp³-hybridized carbons (Fsp3) is 0.188. The molecule has 3 rings (SSSR count). The van der Waals surface area contributed by atoms with E-state index >= 15 is 0 Å². The Bertz CT molecular complexity index is 663. The summed E-state index contributed by atoms with van der Waals surface area (Å²) in [7, 11) is 0. The molecule has 2 aromatic carbocycles. The van der Waals surface area contributed by atoms with Gasteiger partial charge in [-0.1, -0.05) is 42.5 Å². The predicted octanol–water partition coefficient (Wildman–Crippen LogP) is 2.93. The third-order valence-corrected chi connectivity index (χ3v) is 4.29. The largest absolute Gasteiger partial charge is 0.390 e. The smallest absolute Gasteiger partial charge is 0.105 e. The van der Waals surface area contributed by atoms with Gasteiger partial charge in [0, 0.05) is 6.42 Å². The number of hydrogen-bond donors (Lipinski definition) is 2. The third-order valence-electron chi connectivity index (χ3n) is 3.23. The van der Waals surface area contributed by atoms with Gasteiger partial charge in [0.25, 0.3) is 0 Å². The Morgan fingerprint density at radius 1 is 0.950 bits per heavy atom. The maximum atomic E-state index is 10.2. The molecule has 0 aliphatic carbocycles. The van der Waals surface area contributed by atoms with Crippen molar-refractivity contribution in [3.05, 3.63) is 65.2 Å². The van der Waals surface area contributed by atoms with E-state index in [1.54, 1.807) is 11.3 Å². The van der Waals surface area contributed by atoms with E-state index in [1.165, 1.54) is 0 Å². The number of rotatable bonds is 4. The zero-order valence-corrected chi connectivity index (χ0v) is 11.6. The molecule has 2 N–H and O–H groups in total. The lowest BCUT2D eigenvalue weighted by Crippen LogP contribution is -2.20. The van der Waals surface area contributed by atoms with E-state index in [9.17, 15) is 10.2 Å². The van der Waals surface area contributed by atoms with Gasteiger partial charge in [-0.05, 0) is 17.7 Å². The number of aromatic nitrogens is 1. The number of para-hydroxylation sites is 1. The Morgan fingerprint density at radius 3 is 2.40 bits per heavy atom. The standard InChI is InChI=1S/C16H15NO2S/c18-13(16(19)11-6-2-1-3-7-11)10-15-17-12-8-4-5-9-14(12)20-15/h1-9,13,16,18-19H,10H2. The van der Waals surface area contributed by atoms with Crippen LogP contribution in [0.2, 0.25) is 0 Å². The minimum Gasteiger partial charge on any atom is -0.390 e. The van der Waals surface area contributed by atoms with Gasteiger partial charge in [-0.2, -0.15) is 0 Å². The number of nitrogens with zero attached hydrogens (tertiary/aromatic N) is 1. The average Bonchev–Trinajstić information content (AvgIpc) is 2.89. The molecular formula is C16H15NO2S. The molecule has 0 aliphatic rings. The van der Waals surface area contributed by atoms with Crippen LogP contribution in [0.5, 0.6) is 0 Å². The molecule has 0 amide bonds. The number of aliphatic hydroxyl groups excluding tert-OH is 2. The van der Waals surface area contributed by atoms with Crippen LogP contribution in [0.25, 0.3) is 10.2 Å². The van der Waals surface area contributed by atoms with Crippen LogP contribution < -0.4 is 0 Å². The van der Waals surface area contributed by atoms with E-state index in [0.717, 1.165) is 20.8 Å². The summed E-state index contributed by atoms with van der Waals surface area (Å²) in [5, 5.41) is 21.2. The summed E-state index contributed by atoms with van der Waals surface area (Å²) in [6.45, 7) is 0. The Hall–Kier alpha value is -1.75. The highest BCUT2D eigenvalue weighted by Gasteiger charge is 2.20. The summed E-state index contributed by atoms with van der Waals surface area (Å²) >= 11 is 1.56. The molecule has 0 fully saturated rings. The average molecular weight is 285 g/mol. The van der Waals surface area contributed by atoms with Crippen LogP contribution in [0.1, 0.15) is 16.7 Å². The summed E-state index contributed by atoms with van der Waals surface area (Å²) in [5.41, 5.74) is 1.66. The quantitative estimate of drug-likeness (QED) is 0.775. The first-order valence-corrected chi connectivity index (χ1v) is 7.31. The Kier molecular flexibility index (Phi) is 3.78. The highest BCUT2D eigenvalue weighted by molar-refractivity contribution is 7.18. The minimum absolute atomic E-state index is 0.357. The van der Waals surface area contributed by atoms with Gasteiger partial charge in [-0.25, -0.2) is 4.98 Å². The van der Waals surface area contributed by atoms with Crippen molar-refractivity contribution in [1.29, 1.82) is 0 Å². The molecule has 0 aliphatic heterocycles. The Morgan fingerprint density at radius 2 is 1.65 bits per heavy atom. The maximum absolute atomic E-state index is 10.2. The molecule has 0 bridgehead atoms. The molecule has 3 nitrogen and oxygen atoms in total. The zero-order valence-electron chi connectivity index (χ0n) is 10.8. The van der Waals surface area contributed by atoms with Crippen molar-refractivity contribution in [2.45, 2.75) is 18.6 Å². The normalized spacial score (nSPS) is 14.3. The number of thiazole rings is 1. The van der Waals surface area contributed by atoms with Crippen LogP contribution in [0.4, 0.5) is 0 Å². The van der Waals surface area contributed by atoms with Crippen LogP contribution in [-0.4, -0.2) is 21.3 Å². The maximum Gasteiger partial charge on any atom is 0.105 e. The molecule has 2 unspecified atom stereocenters. The molecule has 0 spiro atoms. The molecule has 102 valence electrons. The van der Waals surface area contributed by atoms with Crippen molar-refractivity contribution in [2.75, 3.05) is 0 Å². The summed E-state index contributed by atoms with van der Waals surface area (Å²) in [6, 6.07) is 17.1. The van der Waals surface area contributed by atoms with E-state index in [1.807, 2.05) is 54.6 Å². The second-order valence-corrected chi connectivity index (χ2v) is 5.82. The monoisotopic (exact) mass is 285 g/mol. The second-order valence-electron chi connectivity index (χ2n) is 4.70. The van der Waals surface area contributed by atoms with E-state index in [4.69, 9.17) is 0 Å². The summed E-state index contributed by atoms with van der Waals surface area (Å²) < 4.78 is 1.10. The number of aliphatic hydroxyl groups is 2. The van der Waals surface area contributed by atoms with Crippen molar-refractivity contribution in [2.24, 2.45) is 0 Å². The molecule has 2 atom stereocenters. The van der Waals surface area contributed by atoms with Gasteiger partial charge < -0.3 is 10.2 Å². The Labute approximate surface area is 121 Å². The van der Waals surface area contributed by atoms with Gasteiger partial charge in [0.15, 0.2) is 0 Å². The molecule has 20 heavy (non-hydrogen) atoms. The summed E-state index contributed by atoms with van der Waals surface area (Å²) in [6.07, 6.45) is -1.38. The molecule has 0 saturated carbocycles. The first kappa shape index (κ1) is 13.2. The first-order chi connectivity index (χ1) is 9.74. The van der Waals surface area contributed by atoms with E-state index < -0.39 is 12.2 Å². The van der Waals surface area contributed by atoms with Crippen LogP contribution in [-0.2, 0) is 6.42 Å². The van der Waals surface area contributed by atoms with Gasteiger partial charge in [0.05, 0.1) is 21.3 Å². The lowest BCUT2D eigenvalue weighted by Gasteiger charge is -2.16. The van der Waals surface area contributed by atoms with Crippen molar-refractivity contribution >= 4 is 21.6 Å². The van der Waals surface area contributed by atoms with E-state index in [-0.39, 0.29) is 0 Å². The lowest BCUT2D eigenvalue weighted by atomic mass is 10.0. The second kappa shape index (κ2) is 5.71.